The van der Waals surface area contributed by atoms with Gasteiger partial charge in [0.1, 0.15) is 0 Å². The summed E-state index contributed by atoms with van der Waals surface area (Å²) in [5, 5.41) is 2.92. The van der Waals surface area contributed by atoms with Crippen molar-refractivity contribution in [3.63, 3.8) is 0 Å². The van der Waals surface area contributed by atoms with E-state index < -0.39 is 0 Å². The van der Waals surface area contributed by atoms with E-state index in [4.69, 9.17) is 0 Å². The Morgan fingerprint density at radius 1 is 1.18 bits per heavy atom. The van der Waals surface area contributed by atoms with Gasteiger partial charge in [0.15, 0.2) is 0 Å². The molecular formula is C14H22N2O. The Kier molecular flexibility index (Phi) is 4.16. The minimum absolute atomic E-state index is 0.0568. The van der Waals surface area contributed by atoms with Crippen molar-refractivity contribution < 1.29 is 4.79 Å². The molecule has 0 spiro atoms. The average molecular weight is 234 g/mol. The lowest BCUT2D eigenvalue weighted by molar-refractivity contribution is 0.132. The first-order chi connectivity index (χ1) is 7.82. The molecule has 1 aromatic rings. The summed E-state index contributed by atoms with van der Waals surface area (Å²) in [6.07, 6.45) is 0. The lowest BCUT2D eigenvalue weighted by Crippen LogP contribution is -2.51. The zero-order chi connectivity index (χ0) is 13.1. The maximum absolute atomic E-state index is 12.2. The minimum Gasteiger partial charge on any atom is -0.317 e. The highest BCUT2D eigenvalue weighted by atomic mass is 16.2. The lowest BCUT2D eigenvalue weighted by Gasteiger charge is -2.38. The van der Waals surface area contributed by atoms with Gasteiger partial charge in [0.25, 0.3) is 0 Å². The molecule has 3 heteroatoms. The second-order valence-corrected chi connectivity index (χ2v) is 5.43. The Bertz CT molecular complexity index is 366. The van der Waals surface area contributed by atoms with Gasteiger partial charge in [0, 0.05) is 17.3 Å². The maximum Gasteiger partial charge on any atom is 0.322 e. The van der Waals surface area contributed by atoms with E-state index in [1.807, 2.05) is 69.9 Å². The van der Waals surface area contributed by atoms with Gasteiger partial charge in [-0.15, -0.1) is 0 Å². The fraction of sp³-hybridized carbons (Fsp3) is 0.500. The predicted octanol–water partition coefficient (Wildman–Crippen LogP) is 3.73. The summed E-state index contributed by atoms with van der Waals surface area (Å²) in [5.74, 6) is 0. The molecule has 0 saturated carbocycles. The van der Waals surface area contributed by atoms with E-state index in [0.29, 0.717) is 0 Å². The monoisotopic (exact) mass is 234 g/mol. The Morgan fingerprint density at radius 2 is 1.71 bits per heavy atom. The highest BCUT2D eigenvalue weighted by Gasteiger charge is 2.28. The number of nitrogens with zero attached hydrogens (tertiary/aromatic N) is 1. The molecule has 0 fully saturated rings. The number of benzene rings is 1. The summed E-state index contributed by atoms with van der Waals surface area (Å²) in [4.78, 5) is 14.1. The van der Waals surface area contributed by atoms with Crippen LogP contribution < -0.4 is 5.32 Å². The topological polar surface area (TPSA) is 32.3 Å². The van der Waals surface area contributed by atoms with Gasteiger partial charge >= 0.3 is 6.03 Å². The quantitative estimate of drug-likeness (QED) is 0.831. The van der Waals surface area contributed by atoms with Crippen LogP contribution in [0.4, 0.5) is 10.5 Å². The van der Waals surface area contributed by atoms with E-state index in [-0.39, 0.29) is 17.6 Å². The van der Waals surface area contributed by atoms with Gasteiger partial charge in [-0.05, 0) is 46.8 Å². The third-order valence-electron chi connectivity index (χ3n) is 2.48. The van der Waals surface area contributed by atoms with Gasteiger partial charge in [-0.2, -0.15) is 0 Å². The van der Waals surface area contributed by atoms with Gasteiger partial charge in [-0.1, -0.05) is 18.2 Å². The largest absolute Gasteiger partial charge is 0.322 e. The van der Waals surface area contributed by atoms with E-state index in [1.54, 1.807) is 0 Å². The standard InChI is InChI=1S/C14H22N2O/c1-11(2)16(14(3,4)5)13(17)15-12-9-7-6-8-10-12/h6-11H,1-5H3,(H,15,17). The number of urea groups is 1. The molecule has 0 heterocycles. The van der Waals surface area contributed by atoms with Crippen LogP contribution in [0.25, 0.3) is 0 Å². The molecular weight excluding hydrogens is 212 g/mol. The molecule has 0 atom stereocenters. The Morgan fingerprint density at radius 3 is 2.12 bits per heavy atom. The highest BCUT2D eigenvalue weighted by molar-refractivity contribution is 5.89. The summed E-state index contributed by atoms with van der Waals surface area (Å²) in [6, 6.07) is 9.63. The van der Waals surface area contributed by atoms with Gasteiger partial charge in [-0.25, -0.2) is 4.79 Å². The Balaban J connectivity index is 2.81. The van der Waals surface area contributed by atoms with Crippen LogP contribution in [0.1, 0.15) is 34.6 Å². The first-order valence-electron chi connectivity index (χ1n) is 5.97. The number of carbonyl (C=O) groups excluding carboxylic acids is 1. The molecule has 1 rings (SSSR count). The molecule has 0 aliphatic carbocycles. The normalized spacial score (nSPS) is 11.4. The zero-order valence-electron chi connectivity index (χ0n) is 11.3. The van der Waals surface area contributed by atoms with Crippen LogP contribution in [-0.4, -0.2) is 22.5 Å². The second kappa shape index (κ2) is 5.21. The van der Waals surface area contributed by atoms with Crippen molar-refractivity contribution in [1.82, 2.24) is 4.90 Å². The van der Waals surface area contributed by atoms with E-state index in [9.17, 15) is 4.79 Å². The third-order valence-corrected chi connectivity index (χ3v) is 2.48. The number of nitrogens with one attached hydrogen (secondary N) is 1. The van der Waals surface area contributed by atoms with E-state index in [2.05, 4.69) is 5.32 Å². The molecule has 2 amide bonds. The van der Waals surface area contributed by atoms with Gasteiger partial charge < -0.3 is 10.2 Å². The van der Waals surface area contributed by atoms with Crippen LogP contribution in [0.15, 0.2) is 30.3 Å². The number of hydrogen-bond acceptors (Lipinski definition) is 1. The van der Waals surface area contributed by atoms with Crippen LogP contribution in [0.3, 0.4) is 0 Å². The number of rotatable bonds is 2. The number of para-hydroxylation sites is 1. The molecule has 1 N–H and O–H groups in total. The van der Waals surface area contributed by atoms with Crippen molar-refractivity contribution in [1.29, 1.82) is 0 Å². The SMILES string of the molecule is CC(C)N(C(=O)Nc1ccccc1)C(C)(C)C. The van der Waals surface area contributed by atoms with Crippen molar-refractivity contribution in [2.75, 3.05) is 5.32 Å². The Labute approximate surface area is 104 Å². The predicted molar refractivity (Wildman–Crippen MR) is 72.2 cm³/mol. The summed E-state index contributed by atoms with van der Waals surface area (Å²) >= 11 is 0. The molecule has 0 bridgehead atoms. The number of anilines is 1. The first kappa shape index (κ1) is 13.6. The number of amides is 2. The summed E-state index contributed by atoms with van der Waals surface area (Å²) in [5.41, 5.74) is 0.639. The van der Waals surface area contributed by atoms with Gasteiger partial charge in [0.2, 0.25) is 0 Å². The van der Waals surface area contributed by atoms with Crippen molar-refractivity contribution in [2.45, 2.75) is 46.2 Å². The van der Waals surface area contributed by atoms with Crippen LogP contribution in [0.2, 0.25) is 0 Å². The summed E-state index contributed by atoms with van der Waals surface area (Å²) in [7, 11) is 0. The average Bonchev–Trinajstić information content (AvgIpc) is 2.15. The molecule has 0 aliphatic heterocycles. The molecule has 0 radical (unpaired) electrons. The molecule has 0 aliphatic rings. The Hall–Kier alpha value is -1.51. The molecule has 1 aromatic carbocycles. The van der Waals surface area contributed by atoms with E-state index >= 15 is 0 Å². The second-order valence-electron chi connectivity index (χ2n) is 5.43. The molecule has 3 nitrogen and oxygen atoms in total. The van der Waals surface area contributed by atoms with Gasteiger partial charge in [-0.3, -0.25) is 0 Å². The molecule has 94 valence electrons. The number of hydrogen-bond donors (Lipinski definition) is 1. The molecule has 0 aromatic heterocycles. The summed E-state index contributed by atoms with van der Waals surface area (Å²) in [6.45, 7) is 10.2. The van der Waals surface area contributed by atoms with Gasteiger partial charge in [0.05, 0.1) is 0 Å². The van der Waals surface area contributed by atoms with Crippen LogP contribution in [0.5, 0.6) is 0 Å². The zero-order valence-corrected chi connectivity index (χ0v) is 11.3. The fourth-order valence-corrected chi connectivity index (χ4v) is 2.02. The summed E-state index contributed by atoms with van der Waals surface area (Å²) < 4.78 is 0. The molecule has 0 saturated heterocycles. The third kappa shape index (κ3) is 3.77. The van der Waals surface area contributed by atoms with E-state index in [1.165, 1.54) is 0 Å². The number of carbonyl (C=O) groups is 1. The fourth-order valence-electron chi connectivity index (χ4n) is 2.02. The van der Waals surface area contributed by atoms with Crippen LogP contribution in [-0.2, 0) is 0 Å². The minimum atomic E-state index is -0.187. The van der Waals surface area contributed by atoms with E-state index in [0.717, 1.165) is 5.69 Å². The molecule has 0 unspecified atom stereocenters. The maximum atomic E-state index is 12.2. The smallest absolute Gasteiger partial charge is 0.317 e. The van der Waals surface area contributed by atoms with Crippen LogP contribution in [0, 0.1) is 0 Å². The van der Waals surface area contributed by atoms with Crippen molar-refractivity contribution in [3.8, 4) is 0 Å². The molecule has 17 heavy (non-hydrogen) atoms. The van der Waals surface area contributed by atoms with Crippen molar-refractivity contribution in [2.24, 2.45) is 0 Å². The lowest BCUT2D eigenvalue weighted by atomic mass is 10.0. The highest BCUT2D eigenvalue weighted by Crippen LogP contribution is 2.18. The van der Waals surface area contributed by atoms with Crippen molar-refractivity contribution >= 4 is 11.7 Å². The van der Waals surface area contributed by atoms with Crippen LogP contribution >= 0.6 is 0 Å². The first-order valence-corrected chi connectivity index (χ1v) is 5.97. The van der Waals surface area contributed by atoms with Crippen molar-refractivity contribution in [3.05, 3.63) is 30.3 Å².